The Morgan fingerprint density at radius 3 is 2.53 bits per heavy atom. The summed E-state index contributed by atoms with van der Waals surface area (Å²) in [6.45, 7) is 0.473. The van der Waals surface area contributed by atoms with E-state index < -0.39 is 0 Å². The van der Waals surface area contributed by atoms with Gasteiger partial charge in [0.1, 0.15) is 10.4 Å². The maximum absolute atomic E-state index is 5.64. The zero-order valence-electron chi connectivity index (χ0n) is 9.86. The molecule has 0 amide bonds. The zero-order chi connectivity index (χ0) is 12.3. The molecule has 2 N–H and O–H groups in total. The van der Waals surface area contributed by atoms with E-state index in [9.17, 15) is 0 Å². The maximum Gasteiger partial charge on any atom is 0.127 e. The molecule has 0 atom stereocenters. The van der Waals surface area contributed by atoms with Gasteiger partial charge in [0.2, 0.25) is 0 Å². The van der Waals surface area contributed by atoms with Gasteiger partial charge in [-0.05, 0) is 34.3 Å². The van der Waals surface area contributed by atoms with Crippen LogP contribution in [0.3, 0.4) is 0 Å². The van der Waals surface area contributed by atoms with Crippen molar-refractivity contribution < 1.29 is 0 Å². The highest BCUT2D eigenvalue weighted by atomic mass is 79.9. The summed E-state index contributed by atoms with van der Waals surface area (Å²) in [4.78, 5) is 4.40. The summed E-state index contributed by atoms with van der Waals surface area (Å²) < 4.78 is 2.99. The first kappa shape index (κ1) is 12.3. The van der Waals surface area contributed by atoms with Gasteiger partial charge >= 0.3 is 0 Å². The van der Waals surface area contributed by atoms with Gasteiger partial charge in [-0.3, -0.25) is 0 Å². The molecule has 0 saturated carbocycles. The van der Waals surface area contributed by atoms with Crippen LogP contribution < -0.4 is 5.73 Å². The highest BCUT2D eigenvalue weighted by molar-refractivity contribution is 9.10. The van der Waals surface area contributed by atoms with Gasteiger partial charge in [0.15, 0.2) is 0 Å². The lowest BCUT2D eigenvalue weighted by Crippen LogP contribution is -2.07. The summed E-state index contributed by atoms with van der Waals surface area (Å²) in [5.41, 5.74) is 8.18. The molecule has 2 rings (SSSR count). The van der Waals surface area contributed by atoms with Crippen molar-refractivity contribution in [3.8, 4) is 0 Å². The Morgan fingerprint density at radius 2 is 1.94 bits per heavy atom. The van der Waals surface area contributed by atoms with Crippen LogP contribution in [0.5, 0.6) is 0 Å². The molecule has 0 bridgehead atoms. The van der Waals surface area contributed by atoms with E-state index in [4.69, 9.17) is 5.73 Å². The first-order valence-corrected chi connectivity index (χ1v) is 6.45. The Kier molecular flexibility index (Phi) is 3.97. The van der Waals surface area contributed by atoms with Crippen molar-refractivity contribution in [2.45, 2.75) is 19.4 Å². The van der Waals surface area contributed by atoms with Gasteiger partial charge in [0.05, 0.1) is 12.2 Å². The molecule has 0 radical (unpaired) electrons. The number of aromatic nitrogens is 2. The number of rotatable bonds is 4. The molecule has 1 aromatic carbocycles. The third kappa shape index (κ3) is 2.76. The smallest absolute Gasteiger partial charge is 0.127 e. The molecule has 17 heavy (non-hydrogen) atoms. The van der Waals surface area contributed by atoms with E-state index in [2.05, 4.69) is 49.7 Å². The molecular formula is C13H16BrN3. The maximum atomic E-state index is 5.64. The molecule has 0 saturated heterocycles. The molecule has 2 aromatic rings. The molecule has 3 nitrogen and oxygen atoms in total. The van der Waals surface area contributed by atoms with Crippen LogP contribution in [0.2, 0.25) is 0 Å². The molecule has 0 unspecified atom stereocenters. The highest BCUT2D eigenvalue weighted by Gasteiger charge is 2.11. The summed E-state index contributed by atoms with van der Waals surface area (Å²) in [5.74, 6) is 0.917. The zero-order valence-corrected chi connectivity index (χ0v) is 11.4. The lowest BCUT2D eigenvalue weighted by molar-refractivity contribution is 0.739. The summed E-state index contributed by atoms with van der Waals surface area (Å²) in [6.07, 6.45) is 1.98. The minimum atomic E-state index is 0.473. The Morgan fingerprint density at radius 1 is 1.24 bits per heavy atom. The van der Waals surface area contributed by atoms with Crippen LogP contribution in [-0.2, 0) is 26.4 Å². The second kappa shape index (κ2) is 5.47. The first-order valence-electron chi connectivity index (χ1n) is 5.66. The SMILES string of the molecule is Cn1c(CN)nc(Br)c1CCc1ccccc1. The molecule has 1 aromatic heterocycles. The minimum absolute atomic E-state index is 0.473. The fourth-order valence-corrected chi connectivity index (χ4v) is 2.58. The number of imidazole rings is 1. The van der Waals surface area contributed by atoms with Gasteiger partial charge in [-0.1, -0.05) is 30.3 Å². The third-order valence-electron chi connectivity index (χ3n) is 2.93. The van der Waals surface area contributed by atoms with Gasteiger partial charge in [0.25, 0.3) is 0 Å². The van der Waals surface area contributed by atoms with Crippen molar-refractivity contribution in [2.24, 2.45) is 12.8 Å². The second-order valence-corrected chi connectivity index (χ2v) is 4.77. The topological polar surface area (TPSA) is 43.8 Å². The van der Waals surface area contributed by atoms with Crippen molar-refractivity contribution >= 4 is 15.9 Å². The molecule has 0 aliphatic heterocycles. The number of hydrogen-bond acceptors (Lipinski definition) is 2. The van der Waals surface area contributed by atoms with Gasteiger partial charge in [0, 0.05) is 7.05 Å². The highest BCUT2D eigenvalue weighted by Crippen LogP contribution is 2.18. The van der Waals surface area contributed by atoms with E-state index >= 15 is 0 Å². The van der Waals surface area contributed by atoms with Crippen LogP contribution >= 0.6 is 15.9 Å². The van der Waals surface area contributed by atoms with Gasteiger partial charge < -0.3 is 10.3 Å². The van der Waals surface area contributed by atoms with Gasteiger partial charge in [-0.25, -0.2) is 4.98 Å². The number of aryl methyl sites for hydroxylation is 1. The Balaban J connectivity index is 2.12. The molecule has 1 heterocycles. The number of nitrogens with zero attached hydrogens (tertiary/aromatic N) is 2. The average molecular weight is 294 g/mol. The number of hydrogen-bond donors (Lipinski definition) is 1. The van der Waals surface area contributed by atoms with Crippen molar-refractivity contribution in [1.82, 2.24) is 9.55 Å². The monoisotopic (exact) mass is 293 g/mol. The largest absolute Gasteiger partial charge is 0.333 e. The van der Waals surface area contributed by atoms with Crippen molar-refractivity contribution in [3.05, 3.63) is 52.0 Å². The molecule has 4 heteroatoms. The van der Waals surface area contributed by atoms with E-state index in [0.717, 1.165) is 23.3 Å². The Bertz CT molecular complexity index is 491. The van der Waals surface area contributed by atoms with Crippen LogP contribution in [0.1, 0.15) is 17.1 Å². The van der Waals surface area contributed by atoms with E-state index in [0.29, 0.717) is 6.54 Å². The van der Waals surface area contributed by atoms with E-state index in [1.54, 1.807) is 0 Å². The first-order chi connectivity index (χ1) is 8.22. The fraction of sp³-hybridized carbons (Fsp3) is 0.308. The van der Waals surface area contributed by atoms with Crippen molar-refractivity contribution in [3.63, 3.8) is 0 Å². The molecular weight excluding hydrogens is 278 g/mol. The van der Waals surface area contributed by atoms with E-state index in [1.165, 1.54) is 11.3 Å². The second-order valence-electron chi connectivity index (χ2n) is 4.01. The number of benzene rings is 1. The van der Waals surface area contributed by atoms with Crippen LogP contribution in [-0.4, -0.2) is 9.55 Å². The van der Waals surface area contributed by atoms with Crippen molar-refractivity contribution in [1.29, 1.82) is 0 Å². The Hall–Kier alpha value is -1.13. The van der Waals surface area contributed by atoms with Gasteiger partial charge in [-0.15, -0.1) is 0 Å². The molecule has 0 aliphatic rings. The number of halogens is 1. The summed E-state index contributed by atoms with van der Waals surface area (Å²) in [5, 5.41) is 0. The molecule has 0 fully saturated rings. The lowest BCUT2D eigenvalue weighted by Gasteiger charge is -2.05. The lowest BCUT2D eigenvalue weighted by atomic mass is 10.1. The minimum Gasteiger partial charge on any atom is -0.333 e. The number of nitrogens with two attached hydrogens (primary N) is 1. The Labute approximate surface area is 110 Å². The van der Waals surface area contributed by atoms with Gasteiger partial charge in [-0.2, -0.15) is 0 Å². The standard InChI is InChI=1S/C13H16BrN3/c1-17-11(13(14)16-12(17)9-15)8-7-10-5-3-2-4-6-10/h2-6H,7-9,15H2,1H3. The summed E-state index contributed by atoms with van der Waals surface area (Å²) in [7, 11) is 2.01. The normalized spacial score (nSPS) is 10.8. The predicted molar refractivity (Wildman–Crippen MR) is 72.6 cm³/mol. The van der Waals surface area contributed by atoms with E-state index in [-0.39, 0.29) is 0 Å². The van der Waals surface area contributed by atoms with Crippen LogP contribution in [0.4, 0.5) is 0 Å². The quantitative estimate of drug-likeness (QED) is 0.941. The fourth-order valence-electron chi connectivity index (χ4n) is 1.91. The van der Waals surface area contributed by atoms with Crippen LogP contribution in [0.15, 0.2) is 34.9 Å². The molecule has 90 valence electrons. The van der Waals surface area contributed by atoms with E-state index in [1.807, 2.05) is 13.1 Å². The third-order valence-corrected chi connectivity index (χ3v) is 3.57. The molecule has 0 spiro atoms. The molecule has 0 aliphatic carbocycles. The predicted octanol–water partition coefficient (Wildman–Crippen LogP) is 2.43. The van der Waals surface area contributed by atoms with Crippen LogP contribution in [0.25, 0.3) is 0 Å². The summed E-state index contributed by atoms with van der Waals surface area (Å²) in [6, 6.07) is 10.5. The summed E-state index contributed by atoms with van der Waals surface area (Å²) >= 11 is 3.49. The average Bonchev–Trinajstić information content (AvgIpc) is 2.63. The van der Waals surface area contributed by atoms with Crippen molar-refractivity contribution in [2.75, 3.05) is 0 Å². The van der Waals surface area contributed by atoms with Crippen LogP contribution in [0, 0.1) is 0 Å².